The standard InChI is InChI=1S/C10H11Cl4O3PS/c1-3-15-18(19,16-4-2)17-10-7(12)5-6(11)8(13)9(10)14/h5H,3-4H2,1-2H3. The van der Waals surface area contributed by atoms with Gasteiger partial charge in [0.15, 0.2) is 5.75 Å². The van der Waals surface area contributed by atoms with E-state index >= 15 is 0 Å². The van der Waals surface area contributed by atoms with Crippen LogP contribution in [0.1, 0.15) is 13.8 Å². The maximum absolute atomic E-state index is 6.04. The Balaban J connectivity index is 3.17. The zero-order valence-corrected chi connectivity index (χ0v) is 14.8. The summed E-state index contributed by atoms with van der Waals surface area (Å²) in [5, 5.41) is 0.628. The van der Waals surface area contributed by atoms with E-state index < -0.39 is 6.72 Å². The lowest BCUT2D eigenvalue weighted by molar-refractivity contribution is 0.218. The summed E-state index contributed by atoms with van der Waals surface area (Å²) in [7, 11) is 0. The fourth-order valence-corrected chi connectivity index (χ4v) is 4.32. The van der Waals surface area contributed by atoms with Crippen LogP contribution >= 0.6 is 53.1 Å². The second-order valence-electron chi connectivity index (χ2n) is 3.17. The van der Waals surface area contributed by atoms with Crippen molar-refractivity contribution in [2.45, 2.75) is 13.8 Å². The molecule has 1 rings (SSSR count). The van der Waals surface area contributed by atoms with Crippen molar-refractivity contribution in [1.82, 2.24) is 0 Å². The summed E-state index contributed by atoms with van der Waals surface area (Å²) >= 11 is 29.1. The van der Waals surface area contributed by atoms with Crippen molar-refractivity contribution in [1.29, 1.82) is 0 Å². The largest absolute Gasteiger partial charge is 0.421 e. The molecule has 3 nitrogen and oxygen atoms in total. The third-order valence-corrected chi connectivity index (χ3v) is 5.79. The lowest BCUT2D eigenvalue weighted by Gasteiger charge is -2.22. The van der Waals surface area contributed by atoms with Crippen molar-refractivity contribution in [3.05, 3.63) is 26.2 Å². The molecule has 0 heterocycles. The van der Waals surface area contributed by atoms with Crippen molar-refractivity contribution in [3.8, 4) is 5.75 Å². The smallest absolute Gasteiger partial charge is 0.380 e. The van der Waals surface area contributed by atoms with Crippen LogP contribution in [0.15, 0.2) is 6.07 Å². The highest BCUT2D eigenvalue weighted by Gasteiger charge is 2.26. The van der Waals surface area contributed by atoms with Gasteiger partial charge in [-0.25, -0.2) is 0 Å². The van der Waals surface area contributed by atoms with Gasteiger partial charge >= 0.3 is 6.72 Å². The van der Waals surface area contributed by atoms with Crippen LogP contribution in [-0.4, -0.2) is 13.2 Å². The van der Waals surface area contributed by atoms with Crippen molar-refractivity contribution in [3.63, 3.8) is 0 Å². The second-order valence-corrected chi connectivity index (χ2v) is 7.68. The van der Waals surface area contributed by atoms with E-state index in [0.717, 1.165) is 0 Å². The average Bonchev–Trinajstić information content (AvgIpc) is 2.33. The topological polar surface area (TPSA) is 27.7 Å². The molecule has 0 atom stereocenters. The van der Waals surface area contributed by atoms with Gasteiger partial charge in [0.25, 0.3) is 0 Å². The van der Waals surface area contributed by atoms with Gasteiger partial charge in [0, 0.05) is 11.8 Å². The summed E-state index contributed by atoms with van der Waals surface area (Å²) in [6, 6.07) is 1.42. The molecule has 0 aliphatic carbocycles. The molecule has 0 unspecified atom stereocenters. The van der Waals surface area contributed by atoms with Crippen molar-refractivity contribution < 1.29 is 13.6 Å². The number of hydrogen-bond donors (Lipinski definition) is 0. The van der Waals surface area contributed by atoms with E-state index in [4.69, 9.17) is 71.8 Å². The first-order valence-corrected chi connectivity index (χ1v) is 9.33. The van der Waals surface area contributed by atoms with Crippen LogP contribution in [0, 0.1) is 0 Å². The molecule has 1 aromatic carbocycles. The van der Waals surface area contributed by atoms with Gasteiger partial charge in [-0.2, -0.15) is 0 Å². The highest BCUT2D eigenvalue weighted by Crippen LogP contribution is 2.54. The highest BCUT2D eigenvalue weighted by molar-refractivity contribution is 8.07. The molecule has 0 aliphatic heterocycles. The quantitative estimate of drug-likeness (QED) is 0.343. The lowest BCUT2D eigenvalue weighted by atomic mass is 10.3. The summed E-state index contributed by atoms with van der Waals surface area (Å²) in [5.41, 5.74) is 0. The van der Waals surface area contributed by atoms with Gasteiger partial charge in [-0.1, -0.05) is 46.4 Å². The van der Waals surface area contributed by atoms with Crippen LogP contribution in [0.25, 0.3) is 0 Å². The van der Waals surface area contributed by atoms with E-state index in [1.165, 1.54) is 6.07 Å². The Morgan fingerprint density at radius 3 is 2.00 bits per heavy atom. The predicted octanol–water partition coefficient (Wildman–Crippen LogP) is 5.98. The molecule has 0 saturated carbocycles. The Labute approximate surface area is 137 Å². The monoisotopic (exact) mass is 382 g/mol. The molecule has 0 saturated heterocycles. The summed E-state index contributed by atoms with van der Waals surface area (Å²) in [6.07, 6.45) is 0. The molecule has 0 aromatic heterocycles. The number of rotatable bonds is 6. The molecule has 9 heteroatoms. The Hall–Kier alpha value is 0.750. The van der Waals surface area contributed by atoms with Gasteiger partial charge in [-0.05, 0) is 19.9 Å². The van der Waals surface area contributed by atoms with E-state index in [2.05, 4.69) is 0 Å². The number of halogens is 4. The fourth-order valence-electron chi connectivity index (χ4n) is 1.15. The Bertz CT molecular complexity index is 502. The second kappa shape index (κ2) is 7.67. The van der Waals surface area contributed by atoms with E-state index in [1.807, 2.05) is 0 Å². The fraction of sp³-hybridized carbons (Fsp3) is 0.400. The van der Waals surface area contributed by atoms with E-state index in [-0.39, 0.29) is 25.8 Å². The van der Waals surface area contributed by atoms with E-state index in [9.17, 15) is 0 Å². The first-order valence-electron chi connectivity index (χ1n) is 5.26. The number of benzene rings is 1. The van der Waals surface area contributed by atoms with Gasteiger partial charge in [0.1, 0.15) is 5.02 Å². The van der Waals surface area contributed by atoms with Crippen LogP contribution in [0.2, 0.25) is 20.1 Å². The van der Waals surface area contributed by atoms with Crippen LogP contribution in [0.3, 0.4) is 0 Å². The molecule has 0 N–H and O–H groups in total. The first-order chi connectivity index (χ1) is 8.84. The molecule has 19 heavy (non-hydrogen) atoms. The molecular weight excluding hydrogens is 373 g/mol. The highest BCUT2D eigenvalue weighted by atomic mass is 35.5. The maximum atomic E-state index is 6.04. The summed E-state index contributed by atoms with van der Waals surface area (Å²) in [6.45, 7) is 1.27. The molecule has 0 aliphatic rings. The molecule has 108 valence electrons. The molecule has 0 amide bonds. The molecule has 0 bridgehead atoms. The first kappa shape index (κ1) is 17.8. The minimum atomic E-state index is -2.97. The summed E-state index contributed by atoms with van der Waals surface area (Å²) in [5.74, 6) is 0.114. The molecule has 0 fully saturated rings. The zero-order valence-electron chi connectivity index (χ0n) is 10.1. The van der Waals surface area contributed by atoms with E-state index in [0.29, 0.717) is 13.2 Å². The van der Waals surface area contributed by atoms with E-state index in [1.54, 1.807) is 13.8 Å². The summed E-state index contributed by atoms with van der Waals surface area (Å²) in [4.78, 5) is 0. The average molecular weight is 384 g/mol. The normalized spacial score (nSPS) is 11.7. The van der Waals surface area contributed by atoms with Gasteiger partial charge in [0.05, 0.1) is 28.3 Å². The number of hydrogen-bond acceptors (Lipinski definition) is 4. The Morgan fingerprint density at radius 2 is 1.53 bits per heavy atom. The molecule has 1 aromatic rings. The Morgan fingerprint density at radius 1 is 1.00 bits per heavy atom. The van der Waals surface area contributed by atoms with Gasteiger partial charge in [-0.3, -0.25) is 9.05 Å². The predicted molar refractivity (Wildman–Crippen MR) is 84.6 cm³/mol. The zero-order chi connectivity index (χ0) is 14.6. The van der Waals surface area contributed by atoms with Crippen LogP contribution < -0.4 is 4.52 Å². The minimum Gasteiger partial charge on any atom is -0.421 e. The lowest BCUT2D eigenvalue weighted by Crippen LogP contribution is -2.03. The van der Waals surface area contributed by atoms with Crippen molar-refractivity contribution in [2.75, 3.05) is 13.2 Å². The van der Waals surface area contributed by atoms with Crippen molar-refractivity contribution in [2.24, 2.45) is 0 Å². The van der Waals surface area contributed by atoms with Crippen LogP contribution in [0.5, 0.6) is 5.75 Å². The van der Waals surface area contributed by atoms with Gasteiger partial charge < -0.3 is 4.52 Å². The summed E-state index contributed by atoms with van der Waals surface area (Å²) < 4.78 is 16.2. The molecule has 0 spiro atoms. The third-order valence-electron chi connectivity index (χ3n) is 1.85. The molecule has 0 radical (unpaired) electrons. The third kappa shape index (κ3) is 4.62. The van der Waals surface area contributed by atoms with Gasteiger partial charge in [-0.15, -0.1) is 0 Å². The Kier molecular flexibility index (Phi) is 7.19. The maximum Gasteiger partial charge on any atom is 0.380 e. The van der Waals surface area contributed by atoms with Crippen LogP contribution in [-0.2, 0) is 20.9 Å². The van der Waals surface area contributed by atoms with Crippen LogP contribution in [0.4, 0.5) is 0 Å². The molecular formula is C10H11Cl4O3PS. The SMILES string of the molecule is CCOP(=S)(OCC)Oc1c(Cl)cc(Cl)c(Cl)c1Cl. The minimum absolute atomic E-state index is 0.0767. The van der Waals surface area contributed by atoms with Gasteiger partial charge in [0.2, 0.25) is 0 Å². The van der Waals surface area contributed by atoms with Crippen molar-refractivity contribution >= 4 is 64.9 Å².